The zero-order chi connectivity index (χ0) is 15.4. The minimum absolute atomic E-state index is 0.191. The van der Waals surface area contributed by atoms with E-state index < -0.39 is 6.10 Å². The van der Waals surface area contributed by atoms with Crippen LogP contribution in [0.2, 0.25) is 5.02 Å². The van der Waals surface area contributed by atoms with Crippen molar-refractivity contribution >= 4 is 23.2 Å². The topological polar surface area (TPSA) is 38.3 Å². The third kappa shape index (κ3) is 4.23. The van der Waals surface area contributed by atoms with Crippen LogP contribution in [0, 0.1) is 13.8 Å². The van der Waals surface area contributed by atoms with Gasteiger partial charge in [0.25, 0.3) is 5.91 Å². The molecule has 1 N–H and O–H groups in total. The van der Waals surface area contributed by atoms with E-state index in [0.717, 1.165) is 16.8 Å². The van der Waals surface area contributed by atoms with Gasteiger partial charge in [0.15, 0.2) is 6.10 Å². The van der Waals surface area contributed by atoms with Crippen molar-refractivity contribution in [3.05, 3.63) is 58.6 Å². The van der Waals surface area contributed by atoms with Crippen LogP contribution in [0.3, 0.4) is 0 Å². The minimum Gasteiger partial charge on any atom is -0.481 e. The van der Waals surface area contributed by atoms with Crippen molar-refractivity contribution in [1.29, 1.82) is 0 Å². The summed E-state index contributed by atoms with van der Waals surface area (Å²) in [5.41, 5.74) is 2.92. The molecule has 0 spiro atoms. The standard InChI is InChI=1S/C17H18ClNO2/c1-11-7-8-12(2)16(9-11)19-17(20)13(3)21-15-6-4-5-14(18)10-15/h4-10,13H,1-3H3,(H,19,20). The highest BCUT2D eigenvalue weighted by molar-refractivity contribution is 6.30. The van der Waals surface area contributed by atoms with Crippen LogP contribution in [-0.4, -0.2) is 12.0 Å². The molecule has 4 heteroatoms. The Labute approximate surface area is 129 Å². The second-order valence-electron chi connectivity index (χ2n) is 5.03. The first-order valence-corrected chi connectivity index (χ1v) is 7.14. The van der Waals surface area contributed by atoms with Gasteiger partial charge < -0.3 is 10.1 Å². The number of benzene rings is 2. The Kier molecular flexibility index (Phi) is 4.86. The third-order valence-corrected chi connectivity index (χ3v) is 3.36. The van der Waals surface area contributed by atoms with Crippen molar-refractivity contribution in [1.82, 2.24) is 0 Å². The summed E-state index contributed by atoms with van der Waals surface area (Å²) < 4.78 is 5.60. The van der Waals surface area contributed by atoms with Crippen molar-refractivity contribution in [2.24, 2.45) is 0 Å². The lowest BCUT2D eigenvalue weighted by atomic mass is 10.1. The Morgan fingerprint density at radius 2 is 1.95 bits per heavy atom. The number of ether oxygens (including phenoxy) is 1. The second kappa shape index (κ2) is 6.64. The molecule has 0 saturated heterocycles. The maximum atomic E-state index is 12.2. The quantitative estimate of drug-likeness (QED) is 0.911. The van der Waals surface area contributed by atoms with Gasteiger partial charge in [-0.05, 0) is 56.2 Å². The van der Waals surface area contributed by atoms with Crippen molar-refractivity contribution in [2.45, 2.75) is 26.9 Å². The van der Waals surface area contributed by atoms with Crippen molar-refractivity contribution in [3.63, 3.8) is 0 Å². The summed E-state index contributed by atoms with van der Waals surface area (Å²) in [6, 6.07) is 12.9. The molecule has 1 unspecified atom stereocenters. The summed E-state index contributed by atoms with van der Waals surface area (Å²) in [6.07, 6.45) is -0.608. The Morgan fingerprint density at radius 3 is 2.67 bits per heavy atom. The van der Waals surface area contributed by atoms with E-state index in [1.807, 2.05) is 32.0 Å². The number of amides is 1. The van der Waals surface area contributed by atoms with Gasteiger partial charge in [-0.25, -0.2) is 0 Å². The summed E-state index contributed by atoms with van der Waals surface area (Å²) in [7, 11) is 0. The maximum absolute atomic E-state index is 12.2. The SMILES string of the molecule is Cc1ccc(C)c(NC(=O)C(C)Oc2cccc(Cl)c2)c1. The third-order valence-electron chi connectivity index (χ3n) is 3.13. The zero-order valence-electron chi connectivity index (χ0n) is 12.3. The van der Waals surface area contributed by atoms with Crippen LogP contribution in [0.1, 0.15) is 18.1 Å². The maximum Gasteiger partial charge on any atom is 0.265 e. The summed E-state index contributed by atoms with van der Waals surface area (Å²) in [6.45, 7) is 5.65. The molecule has 2 rings (SSSR count). The van der Waals surface area contributed by atoms with Crippen LogP contribution in [0.4, 0.5) is 5.69 Å². The van der Waals surface area contributed by atoms with Gasteiger partial charge in [-0.2, -0.15) is 0 Å². The lowest BCUT2D eigenvalue weighted by Crippen LogP contribution is -2.30. The molecule has 0 aliphatic carbocycles. The molecule has 0 radical (unpaired) electrons. The first kappa shape index (κ1) is 15.4. The number of hydrogen-bond donors (Lipinski definition) is 1. The Morgan fingerprint density at radius 1 is 1.19 bits per heavy atom. The van der Waals surface area contributed by atoms with E-state index in [0.29, 0.717) is 10.8 Å². The highest BCUT2D eigenvalue weighted by Crippen LogP contribution is 2.20. The molecule has 2 aromatic carbocycles. The van der Waals surface area contributed by atoms with Gasteiger partial charge in [0.1, 0.15) is 5.75 Å². The molecule has 2 aromatic rings. The van der Waals surface area contributed by atoms with Crippen LogP contribution in [-0.2, 0) is 4.79 Å². The van der Waals surface area contributed by atoms with Gasteiger partial charge in [0, 0.05) is 10.7 Å². The van der Waals surface area contributed by atoms with Crippen LogP contribution < -0.4 is 10.1 Å². The molecular formula is C17H18ClNO2. The highest BCUT2D eigenvalue weighted by atomic mass is 35.5. The highest BCUT2D eigenvalue weighted by Gasteiger charge is 2.15. The van der Waals surface area contributed by atoms with Crippen molar-refractivity contribution in [3.8, 4) is 5.75 Å². The fourth-order valence-corrected chi connectivity index (χ4v) is 2.08. The molecule has 1 atom stereocenters. The molecule has 0 saturated carbocycles. The smallest absolute Gasteiger partial charge is 0.265 e. The van der Waals surface area contributed by atoms with Crippen molar-refractivity contribution < 1.29 is 9.53 Å². The Bertz CT molecular complexity index is 655. The minimum atomic E-state index is -0.608. The zero-order valence-corrected chi connectivity index (χ0v) is 13.1. The normalized spacial score (nSPS) is 11.8. The average molecular weight is 304 g/mol. The lowest BCUT2D eigenvalue weighted by Gasteiger charge is -2.16. The predicted molar refractivity (Wildman–Crippen MR) is 86.1 cm³/mol. The van der Waals surface area contributed by atoms with E-state index in [4.69, 9.17) is 16.3 Å². The van der Waals surface area contributed by atoms with E-state index in [-0.39, 0.29) is 5.91 Å². The van der Waals surface area contributed by atoms with Crippen LogP contribution in [0.15, 0.2) is 42.5 Å². The average Bonchev–Trinajstić information content (AvgIpc) is 2.43. The van der Waals surface area contributed by atoms with Crippen molar-refractivity contribution in [2.75, 3.05) is 5.32 Å². The van der Waals surface area contributed by atoms with Gasteiger partial charge in [0.05, 0.1) is 0 Å². The van der Waals surface area contributed by atoms with Gasteiger partial charge >= 0.3 is 0 Å². The van der Waals surface area contributed by atoms with Gasteiger partial charge in [-0.15, -0.1) is 0 Å². The number of nitrogens with one attached hydrogen (secondary N) is 1. The predicted octanol–water partition coefficient (Wildman–Crippen LogP) is 4.36. The van der Waals surface area contributed by atoms with Crippen LogP contribution in [0.25, 0.3) is 0 Å². The number of anilines is 1. The van der Waals surface area contributed by atoms with Gasteiger partial charge in [-0.3, -0.25) is 4.79 Å². The molecule has 0 aliphatic heterocycles. The molecule has 0 aliphatic rings. The molecule has 21 heavy (non-hydrogen) atoms. The molecule has 0 fully saturated rings. The summed E-state index contributed by atoms with van der Waals surface area (Å²) >= 11 is 5.90. The second-order valence-corrected chi connectivity index (χ2v) is 5.46. The molecule has 0 aromatic heterocycles. The molecule has 3 nitrogen and oxygen atoms in total. The summed E-state index contributed by atoms with van der Waals surface area (Å²) in [5.74, 6) is 0.384. The Balaban J connectivity index is 2.04. The van der Waals surface area contributed by atoms with E-state index in [2.05, 4.69) is 5.32 Å². The first-order chi connectivity index (χ1) is 9.95. The molecule has 110 valence electrons. The number of aryl methyl sites for hydroxylation is 2. The van der Waals surface area contributed by atoms with Gasteiger partial charge in [0.2, 0.25) is 0 Å². The monoisotopic (exact) mass is 303 g/mol. The fourth-order valence-electron chi connectivity index (χ4n) is 1.90. The molecule has 0 heterocycles. The largest absolute Gasteiger partial charge is 0.481 e. The molecular weight excluding hydrogens is 286 g/mol. The van der Waals surface area contributed by atoms with E-state index in [1.54, 1.807) is 31.2 Å². The number of carbonyl (C=O) groups is 1. The fraction of sp³-hybridized carbons (Fsp3) is 0.235. The number of hydrogen-bond acceptors (Lipinski definition) is 2. The van der Waals surface area contributed by atoms with E-state index >= 15 is 0 Å². The van der Waals surface area contributed by atoms with Crippen LogP contribution >= 0.6 is 11.6 Å². The van der Waals surface area contributed by atoms with Gasteiger partial charge in [-0.1, -0.05) is 29.8 Å². The first-order valence-electron chi connectivity index (χ1n) is 6.76. The summed E-state index contributed by atoms with van der Waals surface area (Å²) in [5, 5.41) is 3.47. The molecule has 1 amide bonds. The summed E-state index contributed by atoms with van der Waals surface area (Å²) in [4.78, 5) is 12.2. The number of rotatable bonds is 4. The van der Waals surface area contributed by atoms with E-state index in [9.17, 15) is 4.79 Å². The number of halogens is 1. The molecule has 0 bridgehead atoms. The lowest BCUT2D eigenvalue weighted by molar-refractivity contribution is -0.122. The van der Waals surface area contributed by atoms with E-state index in [1.165, 1.54) is 0 Å². The Hall–Kier alpha value is -2.00. The van der Waals surface area contributed by atoms with Crippen LogP contribution in [0.5, 0.6) is 5.75 Å². The number of carbonyl (C=O) groups excluding carboxylic acids is 1.